The van der Waals surface area contributed by atoms with Crippen LogP contribution < -0.4 is 0 Å². The minimum atomic E-state index is 0.630. The Labute approximate surface area is 798 Å². The molecule has 15 heteroatoms. The van der Waals surface area contributed by atoms with E-state index in [1.54, 1.807) is 0 Å². The number of nitrogens with zero attached hydrogens (tertiary/aromatic N) is 11. The molecule has 138 heavy (non-hydrogen) atoms. The zero-order valence-corrected chi connectivity index (χ0v) is 75.5. The van der Waals surface area contributed by atoms with Crippen molar-refractivity contribution in [1.29, 1.82) is 0 Å². The van der Waals surface area contributed by atoms with Gasteiger partial charge >= 0.3 is 0 Å². The minimum absolute atomic E-state index is 0.630. The van der Waals surface area contributed by atoms with Crippen LogP contribution in [-0.2, 0) is 0 Å². The third kappa shape index (κ3) is 14.4. The predicted octanol–water partition coefficient (Wildman–Crippen LogP) is 32.7. The van der Waals surface area contributed by atoms with Gasteiger partial charge in [0.15, 0.2) is 52.4 Å². The van der Waals surface area contributed by atoms with Gasteiger partial charge in [-0.05, 0) is 131 Å². The second-order valence-electron chi connectivity index (χ2n) is 34.1. The van der Waals surface area contributed by atoms with Crippen molar-refractivity contribution >= 4 is 151 Å². The highest BCUT2D eigenvalue weighted by Gasteiger charge is 2.26. The highest BCUT2D eigenvalue weighted by atomic mass is 32.1. The molecule has 28 rings (SSSR count). The van der Waals surface area contributed by atoms with Crippen molar-refractivity contribution in [2.75, 3.05) is 0 Å². The number of benzene rings is 19. The van der Waals surface area contributed by atoms with E-state index in [4.69, 9.17) is 53.7 Å². The van der Waals surface area contributed by atoms with Gasteiger partial charge in [-0.3, -0.25) is 0 Å². The molecule has 0 N–H and O–H groups in total. The van der Waals surface area contributed by atoms with Crippen LogP contribution in [0.1, 0.15) is 0 Å². The molecule has 9 aromatic heterocycles. The van der Waals surface area contributed by atoms with Crippen molar-refractivity contribution in [3.8, 4) is 136 Å². The molecule has 0 atom stereocenters. The SMILES string of the molecule is c1ccc(-c2nc(-c3ccccc3)nc(-c3cccc(-c4ccc5c(c4)c4c6oc7ccccc7c6ccc4n5-c4ccccc4)c3)n2)cc1.c1ccc(-c2nc(-c3ccccc3)nc(-c3cccc(-c4ccc5c6c7oc8ccccc8c7ccc6n(-c6ccccc6)c5c4)c3)n2)cc1.c1ccc(-c2nc(-c3ccccc3)nc(-c3cccc4c3sc3ccc5c6ccccc6sc5c34)n2)cc1. The Morgan fingerprint density at radius 1 is 0.174 bits per heavy atom. The predicted molar refractivity (Wildman–Crippen MR) is 568 cm³/mol. The van der Waals surface area contributed by atoms with Gasteiger partial charge in [0.1, 0.15) is 22.3 Å². The number of para-hydroxylation sites is 4. The van der Waals surface area contributed by atoms with Crippen LogP contribution in [0.5, 0.6) is 0 Å². The first-order valence-electron chi connectivity index (χ1n) is 45.9. The summed E-state index contributed by atoms with van der Waals surface area (Å²) in [6.45, 7) is 0. The number of thiophene rings is 2. The Morgan fingerprint density at radius 3 is 0.971 bits per heavy atom. The Balaban J connectivity index is 0.000000108. The molecule has 0 amide bonds. The van der Waals surface area contributed by atoms with E-state index in [9.17, 15) is 0 Å². The third-order valence-corrected chi connectivity index (χ3v) is 28.2. The lowest BCUT2D eigenvalue weighted by Crippen LogP contribution is -2.00. The molecule has 19 aromatic carbocycles. The molecule has 0 unspecified atom stereocenters. The Kier molecular flexibility index (Phi) is 20.0. The number of hydrogen-bond acceptors (Lipinski definition) is 13. The van der Waals surface area contributed by atoms with Crippen LogP contribution in [0.15, 0.2) is 464 Å². The quantitative estimate of drug-likeness (QED) is 0.108. The molecule has 0 aliphatic carbocycles. The first-order valence-corrected chi connectivity index (χ1v) is 47.5. The van der Waals surface area contributed by atoms with Crippen molar-refractivity contribution in [3.63, 3.8) is 0 Å². The lowest BCUT2D eigenvalue weighted by molar-refractivity contribution is 0.672. The molecule has 0 bridgehead atoms. The van der Waals surface area contributed by atoms with Gasteiger partial charge in [0.05, 0.1) is 32.8 Å². The fourth-order valence-corrected chi connectivity index (χ4v) is 21.9. The molecule has 13 nitrogen and oxygen atoms in total. The number of fused-ring (bicyclic) bond motifs is 21. The van der Waals surface area contributed by atoms with Crippen LogP contribution in [0.3, 0.4) is 0 Å². The third-order valence-electron chi connectivity index (χ3n) is 25.8. The Bertz CT molecular complexity index is 9410. The maximum atomic E-state index is 6.61. The van der Waals surface area contributed by atoms with Gasteiger partial charge in [0, 0.05) is 134 Å². The van der Waals surface area contributed by atoms with Crippen LogP contribution >= 0.6 is 22.7 Å². The van der Waals surface area contributed by atoms with E-state index in [1.807, 2.05) is 229 Å². The average Bonchev–Trinajstić information content (AvgIpc) is 1.56. The van der Waals surface area contributed by atoms with Crippen LogP contribution in [0.4, 0.5) is 0 Å². The molecule has 9 heterocycles. The number of rotatable bonds is 13. The summed E-state index contributed by atoms with van der Waals surface area (Å²) in [5, 5.41) is 14.2. The summed E-state index contributed by atoms with van der Waals surface area (Å²) in [5.41, 5.74) is 23.2. The molecule has 28 aromatic rings. The van der Waals surface area contributed by atoms with Gasteiger partial charge in [0.25, 0.3) is 0 Å². The summed E-state index contributed by atoms with van der Waals surface area (Å²) in [4.78, 5) is 44.5. The molecular weight excluding hydrogens is 1730 g/mol. The summed E-state index contributed by atoms with van der Waals surface area (Å²) in [5.74, 6) is 5.89. The van der Waals surface area contributed by atoms with E-state index in [0.717, 1.165) is 171 Å². The summed E-state index contributed by atoms with van der Waals surface area (Å²) in [6.07, 6.45) is 0. The lowest BCUT2D eigenvalue weighted by Gasteiger charge is -2.11. The largest absolute Gasteiger partial charge is 0.455 e. The number of aromatic nitrogens is 11. The first-order chi connectivity index (χ1) is 68.4. The fourth-order valence-electron chi connectivity index (χ4n) is 19.4. The fraction of sp³-hybridized carbons (Fsp3) is 0. The Morgan fingerprint density at radius 2 is 0.500 bits per heavy atom. The number of hydrogen-bond donors (Lipinski definition) is 0. The van der Waals surface area contributed by atoms with Gasteiger partial charge in [-0.25, -0.2) is 44.9 Å². The van der Waals surface area contributed by atoms with E-state index in [0.29, 0.717) is 52.4 Å². The molecule has 0 fully saturated rings. The van der Waals surface area contributed by atoms with E-state index in [-0.39, 0.29) is 0 Å². The average molecular weight is 1800 g/mol. The summed E-state index contributed by atoms with van der Waals surface area (Å²) in [7, 11) is 0. The van der Waals surface area contributed by atoms with Crippen LogP contribution in [0.2, 0.25) is 0 Å². The van der Waals surface area contributed by atoms with Crippen LogP contribution in [-0.4, -0.2) is 54.0 Å². The highest BCUT2D eigenvalue weighted by molar-refractivity contribution is 7.30. The molecule has 0 saturated carbocycles. The summed E-state index contributed by atoms with van der Waals surface area (Å²) >= 11 is 3.69. The van der Waals surface area contributed by atoms with Crippen LogP contribution in [0, 0.1) is 0 Å². The second kappa shape index (κ2) is 34.2. The van der Waals surface area contributed by atoms with E-state index in [1.165, 1.54) is 40.3 Å². The first kappa shape index (κ1) is 80.7. The maximum Gasteiger partial charge on any atom is 0.165 e. The van der Waals surface area contributed by atoms with Crippen molar-refractivity contribution in [1.82, 2.24) is 54.0 Å². The lowest BCUT2D eigenvalue weighted by atomic mass is 10.00. The standard InChI is InChI=1S/2C45H28N4O.C33H19N3S2/c1-4-13-29(14-5-1)43-46-44(30-15-6-2-7-16-30)48-45(47-43)33-18-12-17-31(27-33)32-23-25-38-37(28-32)41-39(49(38)34-19-8-3-9-20-34)26-24-36-35-21-10-11-22-40(35)50-42(36)41;1-4-13-29(14-5-1)43-46-44(30-15-6-2-7-16-30)48-45(47-43)33-18-12-17-31(27-33)32-23-24-37-39(28-32)49(34-19-8-3-9-20-34)38-26-25-36-35-21-10-11-22-40(35)50-42(36)41(37)38;1-3-10-20(11-4-1)31-34-32(21-12-5-2-6-13-21)36-33(35-31)25-16-9-15-24-28-27(38-29(24)25)19-18-23-22-14-7-8-17-26(22)37-30(23)28/h2*1-28H;1-19H. The minimum Gasteiger partial charge on any atom is -0.455 e. The van der Waals surface area contributed by atoms with Gasteiger partial charge in [-0.15, -0.1) is 22.7 Å². The molecule has 0 spiro atoms. The normalized spacial score (nSPS) is 11.6. The van der Waals surface area contributed by atoms with Crippen molar-refractivity contribution in [3.05, 3.63) is 455 Å². The molecule has 0 radical (unpaired) electrons. The van der Waals surface area contributed by atoms with Crippen molar-refractivity contribution < 1.29 is 8.83 Å². The summed E-state index contributed by atoms with van der Waals surface area (Å²) in [6, 6.07) is 157. The molecular formula is C123H75N11O2S2. The molecule has 0 aliphatic rings. The topological polar surface area (TPSA) is 152 Å². The van der Waals surface area contributed by atoms with Gasteiger partial charge in [0.2, 0.25) is 0 Å². The zero-order valence-electron chi connectivity index (χ0n) is 73.9. The molecule has 0 aliphatic heterocycles. The monoisotopic (exact) mass is 1800 g/mol. The smallest absolute Gasteiger partial charge is 0.165 e. The van der Waals surface area contributed by atoms with E-state index in [2.05, 4.69) is 258 Å². The molecule has 646 valence electrons. The Hall–Kier alpha value is -18.2. The van der Waals surface area contributed by atoms with Gasteiger partial charge < -0.3 is 18.0 Å². The van der Waals surface area contributed by atoms with E-state index < -0.39 is 0 Å². The van der Waals surface area contributed by atoms with Crippen LogP contribution in [0.25, 0.3) is 264 Å². The maximum absolute atomic E-state index is 6.61. The van der Waals surface area contributed by atoms with Gasteiger partial charge in [-0.1, -0.05) is 346 Å². The molecule has 0 saturated heterocycles. The van der Waals surface area contributed by atoms with Gasteiger partial charge in [-0.2, -0.15) is 0 Å². The van der Waals surface area contributed by atoms with Crippen molar-refractivity contribution in [2.24, 2.45) is 0 Å². The second-order valence-corrected chi connectivity index (χ2v) is 36.3. The highest BCUT2D eigenvalue weighted by Crippen LogP contribution is 2.49. The van der Waals surface area contributed by atoms with Crippen molar-refractivity contribution in [2.45, 2.75) is 0 Å². The van der Waals surface area contributed by atoms with E-state index >= 15 is 0 Å². The number of furan rings is 2. The summed E-state index contributed by atoms with van der Waals surface area (Å²) < 4.78 is 23.0. The zero-order chi connectivity index (χ0) is 91.1.